The monoisotopic (exact) mass is 303 g/mol. The van der Waals surface area contributed by atoms with Gasteiger partial charge in [0.25, 0.3) is 5.12 Å². The van der Waals surface area contributed by atoms with Gasteiger partial charge in [0.15, 0.2) is 0 Å². The number of carbonyl (C=O) groups excluding carboxylic acids is 1. The first-order valence-electron chi connectivity index (χ1n) is 4.62. The molecule has 16 heavy (non-hydrogen) atoms. The fourth-order valence-corrected chi connectivity index (χ4v) is 3.77. The highest BCUT2D eigenvalue weighted by Crippen LogP contribution is 2.35. The maximum atomic E-state index is 12.0. The van der Waals surface area contributed by atoms with Crippen LogP contribution < -0.4 is 5.32 Å². The zero-order chi connectivity index (χ0) is 12.1. The molecule has 6 heteroatoms. The Morgan fingerprint density at radius 1 is 1.31 bits per heavy atom. The van der Waals surface area contributed by atoms with E-state index in [4.69, 9.17) is 0 Å². The van der Waals surface area contributed by atoms with Gasteiger partial charge < -0.3 is 5.32 Å². The summed E-state index contributed by atoms with van der Waals surface area (Å²) >= 11 is 3.19. The Balaban J connectivity index is 2.77. The Kier molecular flexibility index (Phi) is 2.40. The molecule has 0 saturated carbocycles. The molecular formula is C10H10BrNO3S. The smallest absolute Gasteiger partial charge is 0.275 e. The lowest BCUT2D eigenvalue weighted by atomic mass is 10.1. The van der Waals surface area contributed by atoms with Crippen LogP contribution in [0.15, 0.2) is 27.6 Å². The van der Waals surface area contributed by atoms with Gasteiger partial charge in [-0.1, -0.05) is 15.9 Å². The summed E-state index contributed by atoms with van der Waals surface area (Å²) < 4.78 is 24.6. The molecule has 4 nitrogen and oxygen atoms in total. The summed E-state index contributed by atoms with van der Waals surface area (Å²) in [5, 5.41) is 2.12. The molecule has 0 spiro atoms. The van der Waals surface area contributed by atoms with Gasteiger partial charge in [-0.15, -0.1) is 0 Å². The van der Waals surface area contributed by atoms with Gasteiger partial charge in [0.2, 0.25) is 9.84 Å². The van der Waals surface area contributed by atoms with Crippen LogP contribution in [0.3, 0.4) is 0 Å². The lowest BCUT2D eigenvalue weighted by Crippen LogP contribution is -2.48. The standard InChI is InChI=1S/C10H10BrNO3S/c1-10(2)9(13)16(14,15)8-5-6(11)3-4-7(8)12-10/h3-5,12H,1-2H3. The number of carbonyl (C=O) groups is 1. The highest BCUT2D eigenvalue weighted by atomic mass is 79.9. The minimum absolute atomic E-state index is 0.0335. The molecule has 1 heterocycles. The zero-order valence-corrected chi connectivity index (χ0v) is 11.1. The van der Waals surface area contributed by atoms with Crippen LogP contribution in [0.4, 0.5) is 5.69 Å². The van der Waals surface area contributed by atoms with E-state index in [1.165, 1.54) is 6.07 Å². The summed E-state index contributed by atoms with van der Waals surface area (Å²) in [6, 6.07) is 4.81. The van der Waals surface area contributed by atoms with E-state index in [1.54, 1.807) is 26.0 Å². The lowest BCUT2D eigenvalue weighted by molar-refractivity contribution is -0.114. The second-order valence-corrected chi connectivity index (χ2v) is 6.91. The lowest BCUT2D eigenvalue weighted by Gasteiger charge is -2.31. The SMILES string of the molecule is CC1(C)Nc2ccc(Br)cc2S(=O)(=O)C1=O. The van der Waals surface area contributed by atoms with Gasteiger partial charge in [0.05, 0.1) is 10.6 Å². The first-order chi connectivity index (χ1) is 7.25. The van der Waals surface area contributed by atoms with Gasteiger partial charge in [-0.3, -0.25) is 4.79 Å². The van der Waals surface area contributed by atoms with Gasteiger partial charge in [-0.25, -0.2) is 8.42 Å². The molecule has 0 aromatic heterocycles. The highest BCUT2D eigenvalue weighted by Gasteiger charge is 2.44. The van der Waals surface area contributed by atoms with Crippen LogP contribution in [0.5, 0.6) is 0 Å². The van der Waals surface area contributed by atoms with Crippen molar-refractivity contribution in [1.29, 1.82) is 0 Å². The third-order valence-corrected chi connectivity index (χ3v) is 4.84. The Bertz CT molecular complexity index is 578. The van der Waals surface area contributed by atoms with Crippen LogP contribution in [0.2, 0.25) is 0 Å². The predicted octanol–water partition coefficient (Wildman–Crippen LogP) is 1.95. The van der Waals surface area contributed by atoms with E-state index >= 15 is 0 Å². The van der Waals surface area contributed by atoms with Crippen LogP contribution in [0, 0.1) is 0 Å². The molecule has 1 aromatic rings. The van der Waals surface area contributed by atoms with Crippen LogP contribution in [-0.2, 0) is 14.6 Å². The van der Waals surface area contributed by atoms with E-state index in [-0.39, 0.29) is 4.90 Å². The summed E-state index contributed by atoms with van der Waals surface area (Å²) in [6.45, 7) is 3.11. The average Bonchev–Trinajstić information content (AvgIpc) is 2.17. The van der Waals surface area contributed by atoms with Gasteiger partial charge in [0, 0.05) is 4.47 Å². The normalized spacial score (nSPS) is 21.1. The summed E-state index contributed by atoms with van der Waals surface area (Å²) in [4.78, 5) is 11.8. The highest BCUT2D eigenvalue weighted by molar-refractivity contribution is 9.10. The second-order valence-electron chi connectivity index (χ2n) is 4.18. The molecule has 1 aliphatic heterocycles. The molecule has 0 aliphatic carbocycles. The van der Waals surface area contributed by atoms with Crippen molar-refractivity contribution in [3.63, 3.8) is 0 Å². The van der Waals surface area contributed by atoms with Crippen molar-refractivity contribution < 1.29 is 13.2 Å². The summed E-state index contributed by atoms with van der Waals surface area (Å²) in [5.74, 6) is 0. The predicted molar refractivity (Wildman–Crippen MR) is 64.0 cm³/mol. The molecule has 1 N–H and O–H groups in total. The van der Waals surface area contributed by atoms with Crippen molar-refractivity contribution in [3.05, 3.63) is 22.7 Å². The van der Waals surface area contributed by atoms with E-state index < -0.39 is 20.5 Å². The largest absolute Gasteiger partial charge is 0.371 e. The van der Waals surface area contributed by atoms with Crippen LogP contribution in [0.1, 0.15) is 13.8 Å². The molecular weight excluding hydrogens is 294 g/mol. The van der Waals surface area contributed by atoms with E-state index in [2.05, 4.69) is 21.2 Å². The number of rotatable bonds is 0. The molecule has 0 saturated heterocycles. The van der Waals surface area contributed by atoms with E-state index in [0.29, 0.717) is 10.2 Å². The fourth-order valence-electron chi connectivity index (χ4n) is 1.65. The molecule has 0 fully saturated rings. The molecule has 0 amide bonds. The number of sulfone groups is 1. The Labute approximate surface area is 102 Å². The fraction of sp³-hybridized carbons (Fsp3) is 0.300. The summed E-state index contributed by atoms with van der Waals surface area (Å²) in [7, 11) is -3.88. The van der Waals surface area contributed by atoms with Gasteiger partial charge in [-0.2, -0.15) is 0 Å². The number of anilines is 1. The van der Waals surface area contributed by atoms with Crippen LogP contribution in [0.25, 0.3) is 0 Å². The molecule has 0 radical (unpaired) electrons. The van der Waals surface area contributed by atoms with Crippen molar-refractivity contribution in [2.24, 2.45) is 0 Å². The third-order valence-electron chi connectivity index (χ3n) is 2.43. The Hall–Kier alpha value is -0.880. The second kappa shape index (κ2) is 3.30. The van der Waals surface area contributed by atoms with Gasteiger partial charge in [0.1, 0.15) is 5.54 Å². The van der Waals surface area contributed by atoms with Gasteiger partial charge >= 0.3 is 0 Å². The van der Waals surface area contributed by atoms with Crippen molar-refractivity contribution in [2.45, 2.75) is 24.3 Å². The number of halogens is 1. The molecule has 0 unspecified atom stereocenters. The molecule has 86 valence electrons. The van der Waals surface area contributed by atoms with E-state index in [1.807, 2.05) is 0 Å². The molecule has 2 rings (SSSR count). The number of benzene rings is 1. The number of fused-ring (bicyclic) bond motifs is 1. The number of nitrogens with one attached hydrogen (secondary N) is 1. The Morgan fingerprint density at radius 3 is 2.56 bits per heavy atom. The van der Waals surface area contributed by atoms with Crippen molar-refractivity contribution in [2.75, 3.05) is 5.32 Å². The number of hydrogen-bond donors (Lipinski definition) is 1. The van der Waals surface area contributed by atoms with Crippen molar-refractivity contribution >= 4 is 36.6 Å². The van der Waals surface area contributed by atoms with Crippen molar-refractivity contribution in [1.82, 2.24) is 0 Å². The van der Waals surface area contributed by atoms with E-state index in [9.17, 15) is 13.2 Å². The molecule has 1 aromatic carbocycles. The maximum absolute atomic E-state index is 12.0. The topological polar surface area (TPSA) is 63.2 Å². The zero-order valence-electron chi connectivity index (χ0n) is 8.74. The third kappa shape index (κ3) is 1.56. The molecule has 0 atom stereocenters. The quantitative estimate of drug-likeness (QED) is 0.796. The van der Waals surface area contributed by atoms with Crippen molar-refractivity contribution in [3.8, 4) is 0 Å². The maximum Gasteiger partial charge on any atom is 0.275 e. The average molecular weight is 304 g/mol. The minimum atomic E-state index is -3.88. The van der Waals surface area contributed by atoms with E-state index in [0.717, 1.165) is 0 Å². The summed E-state index contributed by atoms with van der Waals surface area (Å²) in [5.41, 5.74) is -0.618. The van der Waals surface area contributed by atoms with Crippen LogP contribution >= 0.6 is 15.9 Å². The minimum Gasteiger partial charge on any atom is -0.371 e. The Morgan fingerprint density at radius 2 is 1.94 bits per heavy atom. The first kappa shape index (κ1) is 11.6. The van der Waals surface area contributed by atoms with Gasteiger partial charge in [-0.05, 0) is 32.0 Å². The molecule has 1 aliphatic rings. The molecule has 0 bridgehead atoms. The van der Waals surface area contributed by atoms with Crippen LogP contribution in [-0.4, -0.2) is 19.1 Å². The first-order valence-corrected chi connectivity index (χ1v) is 6.90. The number of hydrogen-bond acceptors (Lipinski definition) is 4. The summed E-state index contributed by atoms with van der Waals surface area (Å²) in [6.07, 6.45) is 0.